The van der Waals surface area contributed by atoms with E-state index in [9.17, 15) is 18.0 Å². The second-order valence-corrected chi connectivity index (χ2v) is 5.73. The highest BCUT2D eigenvalue weighted by atomic mass is 19.4. The first-order valence-corrected chi connectivity index (χ1v) is 7.90. The van der Waals surface area contributed by atoms with Crippen LogP contribution in [-0.2, 0) is 12.8 Å². The molecule has 0 saturated carbocycles. The zero-order chi connectivity index (χ0) is 19.9. The molecule has 0 bridgehead atoms. The number of hydrogen-bond acceptors (Lipinski definition) is 5. The Morgan fingerprint density at radius 2 is 1.74 bits per heavy atom. The van der Waals surface area contributed by atoms with Crippen molar-refractivity contribution in [2.45, 2.75) is 12.8 Å². The van der Waals surface area contributed by atoms with E-state index in [1.807, 2.05) is 24.3 Å². The Kier molecular flexibility index (Phi) is 6.78. The van der Waals surface area contributed by atoms with Gasteiger partial charge >= 0.3 is 6.30 Å². The topological polar surface area (TPSA) is 63.9 Å². The maximum atomic E-state index is 12.2. The molecule has 0 aliphatic heterocycles. The van der Waals surface area contributed by atoms with Crippen molar-refractivity contribution < 1.29 is 18.0 Å². The summed E-state index contributed by atoms with van der Waals surface area (Å²) in [6.07, 6.45) is -2.15. The van der Waals surface area contributed by atoms with Crippen molar-refractivity contribution in [3.8, 4) is 0 Å². The smallest absolute Gasteiger partial charge is 0.302 e. The van der Waals surface area contributed by atoms with E-state index in [0.29, 0.717) is 17.6 Å². The largest absolute Gasteiger partial charge is 0.491 e. The summed E-state index contributed by atoms with van der Waals surface area (Å²) >= 11 is 0. The first-order chi connectivity index (χ1) is 12.8. The molecule has 0 N–H and O–H groups in total. The fourth-order valence-electron chi connectivity index (χ4n) is 2.10. The first kappa shape index (κ1) is 20.2. The monoisotopic (exact) mass is 377 g/mol. The van der Waals surface area contributed by atoms with Crippen LogP contribution in [-0.4, -0.2) is 44.5 Å². The van der Waals surface area contributed by atoms with Crippen LogP contribution in [0.5, 0.6) is 0 Å². The summed E-state index contributed by atoms with van der Waals surface area (Å²) in [4.78, 5) is 17.4. The van der Waals surface area contributed by atoms with Crippen molar-refractivity contribution in [3.05, 3.63) is 78.1 Å². The van der Waals surface area contributed by atoms with E-state index >= 15 is 0 Å². The highest BCUT2D eigenvalue weighted by Crippen LogP contribution is 2.22. The SMILES string of the molecule is CN(C)Cc1nncn1C(F)(F)F.O=C(c1ccccc1)c1ccccn1. The lowest BCUT2D eigenvalue weighted by Gasteiger charge is -2.12. The lowest BCUT2D eigenvalue weighted by atomic mass is 10.1. The van der Waals surface area contributed by atoms with Crippen molar-refractivity contribution in [2.24, 2.45) is 0 Å². The first-order valence-electron chi connectivity index (χ1n) is 7.90. The number of alkyl halides is 3. The Labute approximate surface area is 154 Å². The van der Waals surface area contributed by atoms with Gasteiger partial charge in [0.25, 0.3) is 0 Å². The Balaban J connectivity index is 0.000000194. The number of halogens is 3. The van der Waals surface area contributed by atoms with E-state index < -0.39 is 6.30 Å². The summed E-state index contributed by atoms with van der Waals surface area (Å²) in [6.45, 7) is 0.111. The molecule has 27 heavy (non-hydrogen) atoms. The number of hydrogen-bond donors (Lipinski definition) is 0. The average molecular weight is 377 g/mol. The van der Waals surface area contributed by atoms with Gasteiger partial charge in [-0.2, -0.15) is 0 Å². The maximum absolute atomic E-state index is 12.2. The van der Waals surface area contributed by atoms with Crippen LogP contribution in [0.2, 0.25) is 0 Å². The normalized spacial score (nSPS) is 11.0. The van der Waals surface area contributed by atoms with Crippen molar-refractivity contribution in [3.63, 3.8) is 0 Å². The zero-order valence-corrected chi connectivity index (χ0v) is 14.8. The summed E-state index contributed by atoms with van der Waals surface area (Å²) in [5.74, 6) is -0.149. The van der Waals surface area contributed by atoms with Crippen LogP contribution in [0.1, 0.15) is 21.9 Å². The van der Waals surface area contributed by atoms with Gasteiger partial charge in [-0.3, -0.25) is 9.78 Å². The third-order valence-electron chi connectivity index (χ3n) is 3.28. The molecule has 1 aromatic carbocycles. The summed E-state index contributed by atoms with van der Waals surface area (Å²) in [6, 6.07) is 14.5. The van der Waals surface area contributed by atoms with Crippen molar-refractivity contribution in [1.82, 2.24) is 24.6 Å². The van der Waals surface area contributed by atoms with Crippen LogP contribution in [0, 0.1) is 0 Å². The average Bonchev–Trinajstić information content (AvgIpc) is 3.11. The molecular weight excluding hydrogens is 359 g/mol. The molecule has 0 aliphatic rings. The van der Waals surface area contributed by atoms with E-state index in [4.69, 9.17) is 0 Å². The van der Waals surface area contributed by atoms with Gasteiger partial charge in [-0.05, 0) is 26.2 Å². The van der Waals surface area contributed by atoms with Crippen LogP contribution in [0.25, 0.3) is 0 Å². The van der Waals surface area contributed by atoms with Gasteiger partial charge in [0.1, 0.15) is 12.0 Å². The molecule has 0 amide bonds. The highest BCUT2D eigenvalue weighted by molar-refractivity contribution is 6.07. The van der Waals surface area contributed by atoms with Crippen LogP contribution in [0.3, 0.4) is 0 Å². The highest BCUT2D eigenvalue weighted by Gasteiger charge is 2.33. The van der Waals surface area contributed by atoms with Gasteiger partial charge in [0.2, 0.25) is 5.78 Å². The summed E-state index contributed by atoms with van der Waals surface area (Å²) in [5, 5.41) is 6.58. The Bertz CT molecular complexity index is 807. The van der Waals surface area contributed by atoms with Crippen LogP contribution in [0.15, 0.2) is 61.1 Å². The van der Waals surface area contributed by atoms with Gasteiger partial charge < -0.3 is 4.90 Å². The van der Waals surface area contributed by atoms with Crippen molar-refractivity contribution >= 4 is 5.78 Å². The van der Waals surface area contributed by atoms with Crippen molar-refractivity contribution in [2.75, 3.05) is 14.1 Å². The second kappa shape index (κ2) is 9.04. The quantitative estimate of drug-likeness (QED) is 0.654. The lowest BCUT2D eigenvalue weighted by molar-refractivity contribution is -0.206. The molecule has 142 valence electrons. The molecule has 0 atom stereocenters. The summed E-state index contributed by atoms with van der Waals surface area (Å²) in [5.41, 5.74) is 1.16. The summed E-state index contributed by atoms with van der Waals surface area (Å²) < 4.78 is 36.7. The molecular formula is C18H18F3N5O. The van der Waals surface area contributed by atoms with Gasteiger partial charge in [0.05, 0.1) is 6.54 Å². The molecule has 0 aliphatic carbocycles. The molecule has 6 nitrogen and oxygen atoms in total. The minimum atomic E-state index is -4.44. The number of rotatable bonds is 4. The maximum Gasteiger partial charge on any atom is 0.491 e. The van der Waals surface area contributed by atoms with E-state index in [-0.39, 0.29) is 22.7 Å². The molecule has 0 saturated heterocycles. The second-order valence-electron chi connectivity index (χ2n) is 5.73. The van der Waals surface area contributed by atoms with E-state index in [1.54, 1.807) is 49.5 Å². The van der Waals surface area contributed by atoms with Crippen LogP contribution >= 0.6 is 0 Å². The van der Waals surface area contributed by atoms with Gasteiger partial charge in [0.15, 0.2) is 5.82 Å². The molecule has 0 unspecified atom stereocenters. The molecule has 3 aromatic rings. The van der Waals surface area contributed by atoms with Crippen molar-refractivity contribution in [1.29, 1.82) is 0 Å². The number of ketones is 1. The molecule has 0 fully saturated rings. The standard InChI is InChI=1S/C12H9NO.C6H9F3N4/c14-12(10-6-2-1-3-7-10)11-8-4-5-9-13-11;1-12(2)3-5-11-10-4-13(5)6(7,8)9/h1-9H;4H,3H2,1-2H3. The number of carbonyl (C=O) groups is 1. The number of carbonyl (C=O) groups excluding carboxylic acids is 1. The van der Waals surface area contributed by atoms with E-state index in [2.05, 4.69) is 15.2 Å². The number of benzene rings is 1. The minimum Gasteiger partial charge on any atom is -0.302 e. The van der Waals surface area contributed by atoms with Gasteiger partial charge in [-0.1, -0.05) is 36.4 Å². The Morgan fingerprint density at radius 1 is 1.07 bits per heavy atom. The molecule has 3 rings (SSSR count). The lowest BCUT2D eigenvalue weighted by Crippen LogP contribution is -2.22. The summed E-state index contributed by atoms with van der Waals surface area (Å²) in [7, 11) is 3.32. The fourth-order valence-corrected chi connectivity index (χ4v) is 2.10. The number of aromatic nitrogens is 4. The Morgan fingerprint density at radius 3 is 2.30 bits per heavy atom. The van der Waals surface area contributed by atoms with E-state index in [1.165, 1.54) is 0 Å². The number of pyridine rings is 1. The molecule has 9 heteroatoms. The van der Waals surface area contributed by atoms with Crippen LogP contribution in [0.4, 0.5) is 13.2 Å². The molecule has 0 spiro atoms. The zero-order valence-electron chi connectivity index (χ0n) is 14.8. The molecule has 2 aromatic heterocycles. The van der Waals surface area contributed by atoms with Gasteiger partial charge in [0, 0.05) is 11.8 Å². The Hall–Kier alpha value is -3.07. The third kappa shape index (κ3) is 6.00. The molecule has 0 radical (unpaired) electrons. The minimum absolute atomic E-state index is 0.0359. The van der Waals surface area contributed by atoms with Gasteiger partial charge in [-0.25, -0.2) is 4.57 Å². The van der Waals surface area contributed by atoms with Gasteiger partial charge in [-0.15, -0.1) is 23.4 Å². The van der Waals surface area contributed by atoms with Crippen LogP contribution < -0.4 is 0 Å². The predicted octanol–water partition coefficient (Wildman–Crippen LogP) is 3.13. The third-order valence-corrected chi connectivity index (χ3v) is 3.28. The molecule has 2 heterocycles. The number of nitrogens with zero attached hydrogens (tertiary/aromatic N) is 5. The fraction of sp³-hybridized carbons (Fsp3) is 0.222. The predicted molar refractivity (Wildman–Crippen MR) is 92.8 cm³/mol. The van der Waals surface area contributed by atoms with E-state index in [0.717, 1.165) is 0 Å².